The summed E-state index contributed by atoms with van der Waals surface area (Å²) in [6.45, 7) is 6.54. The molecule has 0 saturated heterocycles. The summed E-state index contributed by atoms with van der Waals surface area (Å²) in [6, 6.07) is 1.80. The molecular weight excluding hydrogens is 272 g/mol. The van der Waals surface area contributed by atoms with E-state index in [1.165, 1.54) is 0 Å². The predicted octanol–water partition coefficient (Wildman–Crippen LogP) is 0.831. The Hall–Kier alpha value is -2.64. The minimum absolute atomic E-state index is 0.00212. The topological polar surface area (TPSA) is 122 Å². The zero-order valence-electron chi connectivity index (χ0n) is 12.3. The van der Waals surface area contributed by atoms with Gasteiger partial charge in [-0.2, -0.15) is 15.0 Å². The van der Waals surface area contributed by atoms with Crippen LogP contribution in [-0.2, 0) is 17.9 Å². The second kappa shape index (κ2) is 5.78. The van der Waals surface area contributed by atoms with Crippen LogP contribution in [0.3, 0.4) is 0 Å². The molecule has 8 heteroatoms. The van der Waals surface area contributed by atoms with E-state index in [9.17, 15) is 4.79 Å². The standard InChI is InChI=1S/C13H18N6O2/c1-4-19-7(2)5-9(8(19)3)11(20)21-6-10-16-12(14)18-13(15)17-10/h5H,4,6H2,1-3H3,(H4,14,15,16,17,18). The van der Waals surface area contributed by atoms with Crippen molar-refractivity contribution >= 4 is 17.9 Å². The SMILES string of the molecule is CCn1c(C)cc(C(=O)OCc2nc(N)nc(N)n2)c1C. The molecule has 0 aliphatic carbocycles. The van der Waals surface area contributed by atoms with Gasteiger partial charge in [0, 0.05) is 17.9 Å². The molecule has 0 bridgehead atoms. The number of hydrogen-bond donors (Lipinski definition) is 2. The van der Waals surface area contributed by atoms with E-state index in [0.717, 1.165) is 17.9 Å². The van der Waals surface area contributed by atoms with Gasteiger partial charge in [0.05, 0.1) is 5.56 Å². The van der Waals surface area contributed by atoms with Gasteiger partial charge in [-0.3, -0.25) is 0 Å². The first-order chi connectivity index (χ1) is 9.92. The summed E-state index contributed by atoms with van der Waals surface area (Å²) in [5.74, 6) is -0.214. The van der Waals surface area contributed by atoms with Crippen molar-refractivity contribution in [3.63, 3.8) is 0 Å². The molecule has 0 spiro atoms. The zero-order chi connectivity index (χ0) is 15.6. The number of carbonyl (C=O) groups excluding carboxylic acids is 1. The van der Waals surface area contributed by atoms with Crippen molar-refractivity contribution in [2.45, 2.75) is 33.9 Å². The van der Waals surface area contributed by atoms with Crippen LogP contribution in [0.5, 0.6) is 0 Å². The number of nitrogens with two attached hydrogens (primary N) is 2. The number of aryl methyl sites for hydroxylation is 1. The number of carbonyl (C=O) groups is 1. The summed E-state index contributed by atoms with van der Waals surface area (Å²) < 4.78 is 7.24. The Bertz CT molecular complexity index is 659. The molecule has 0 saturated carbocycles. The van der Waals surface area contributed by atoms with Crippen molar-refractivity contribution in [3.8, 4) is 0 Å². The van der Waals surface area contributed by atoms with Crippen LogP contribution in [0.4, 0.5) is 11.9 Å². The van der Waals surface area contributed by atoms with Crippen LogP contribution >= 0.6 is 0 Å². The summed E-state index contributed by atoms with van der Waals surface area (Å²) in [6.07, 6.45) is 0. The van der Waals surface area contributed by atoms with Gasteiger partial charge in [0.2, 0.25) is 11.9 Å². The van der Waals surface area contributed by atoms with Gasteiger partial charge in [-0.25, -0.2) is 4.79 Å². The molecule has 2 aromatic rings. The number of rotatable bonds is 4. The van der Waals surface area contributed by atoms with Gasteiger partial charge < -0.3 is 20.8 Å². The van der Waals surface area contributed by atoms with Crippen molar-refractivity contribution in [1.29, 1.82) is 0 Å². The third-order valence-electron chi connectivity index (χ3n) is 3.16. The molecule has 8 nitrogen and oxygen atoms in total. The molecule has 0 aliphatic rings. The average Bonchev–Trinajstić information content (AvgIpc) is 2.70. The van der Waals surface area contributed by atoms with Gasteiger partial charge >= 0.3 is 5.97 Å². The fraction of sp³-hybridized carbons (Fsp3) is 0.385. The second-order valence-electron chi connectivity index (χ2n) is 4.57. The van der Waals surface area contributed by atoms with Gasteiger partial charge in [-0.1, -0.05) is 0 Å². The molecule has 0 radical (unpaired) electrons. The molecule has 4 N–H and O–H groups in total. The predicted molar refractivity (Wildman–Crippen MR) is 77.4 cm³/mol. The number of esters is 1. The van der Waals surface area contributed by atoms with Crippen molar-refractivity contribution in [1.82, 2.24) is 19.5 Å². The summed E-state index contributed by atoms with van der Waals surface area (Å²) in [7, 11) is 0. The molecule has 2 aromatic heterocycles. The molecule has 2 rings (SSSR count). The lowest BCUT2D eigenvalue weighted by Crippen LogP contribution is -2.11. The highest BCUT2D eigenvalue weighted by atomic mass is 16.5. The van der Waals surface area contributed by atoms with E-state index in [1.54, 1.807) is 6.07 Å². The lowest BCUT2D eigenvalue weighted by atomic mass is 10.2. The quantitative estimate of drug-likeness (QED) is 0.799. The third-order valence-corrected chi connectivity index (χ3v) is 3.16. The first-order valence-electron chi connectivity index (χ1n) is 6.52. The summed E-state index contributed by atoms with van der Waals surface area (Å²) in [5.41, 5.74) is 13.3. The largest absolute Gasteiger partial charge is 0.454 e. The Morgan fingerprint density at radius 3 is 2.38 bits per heavy atom. The molecule has 0 amide bonds. The van der Waals surface area contributed by atoms with Crippen LogP contribution < -0.4 is 11.5 Å². The van der Waals surface area contributed by atoms with E-state index in [1.807, 2.05) is 25.3 Å². The highest BCUT2D eigenvalue weighted by Crippen LogP contribution is 2.16. The van der Waals surface area contributed by atoms with E-state index in [2.05, 4.69) is 15.0 Å². The minimum Gasteiger partial charge on any atom is -0.454 e. The van der Waals surface area contributed by atoms with Crippen LogP contribution in [0.2, 0.25) is 0 Å². The van der Waals surface area contributed by atoms with E-state index in [0.29, 0.717) is 5.56 Å². The van der Waals surface area contributed by atoms with Crippen LogP contribution in [-0.4, -0.2) is 25.5 Å². The number of ether oxygens (including phenoxy) is 1. The molecule has 0 unspecified atom stereocenters. The van der Waals surface area contributed by atoms with Crippen molar-refractivity contribution < 1.29 is 9.53 Å². The average molecular weight is 290 g/mol. The minimum atomic E-state index is -0.430. The van der Waals surface area contributed by atoms with E-state index < -0.39 is 5.97 Å². The Morgan fingerprint density at radius 2 is 1.86 bits per heavy atom. The first kappa shape index (κ1) is 14.8. The molecule has 0 atom stereocenters. The summed E-state index contributed by atoms with van der Waals surface area (Å²) in [4.78, 5) is 23.5. The number of nitrogens with zero attached hydrogens (tertiary/aromatic N) is 4. The van der Waals surface area contributed by atoms with Crippen LogP contribution in [0.25, 0.3) is 0 Å². The Labute approximate surface area is 122 Å². The number of nitrogen functional groups attached to an aromatic ring is 2. The summed E-state index contributed by atoms with van der Waals surface area (Å²) >= 11 is 0. The van der Waals surface area contributed by atoms with E-state index in [4.69, 9.17) is 16.2 Å². The van der Waals surface area contributed by atoms with Crippen molar-refractivity contribution in [2.75, 3.05) is 11.5 Å². The maximum absolute atomic E-state index is 12.1. The molecule has 2 heterocycles. The Morgan fingerprint density at radius 1 is 1.24 bits per heavy atom. The van der Waals surface area contributed by atoms with Crippen molar-refractivity contribution in [3.05, 3.63) is 28.8 Å². The molecule has 112 valence electrons. The Kier molecular flexibility index (Phi) is 4.06. The monoisotopic (exact) mass is 290 g/mol. The maximum atomic E-state index is 12.1. The van der Waals surface area contributed by atoms with Gasteiger partial charge in [-0.15, -0.1) is 0 Å². The molecule has 21 heavy (non-hydrogen) atoms. The summed E-state index contributed by atoms with van der Waals surface area (Å²) in [5, 5.41) is 0. The van der Waals surface area contributed by atoms with Gasteiger partial charge in [0.1, 0.15) is 0 Å². The van der Waals surface area contributed by atoms with Crippen LogP contribution in [0.15, 0.2) is 6.07 Å². The highest BCUT2D eigenvalue weighted by molar-refractivity contribution is 5.91. The number of aromatic nitrogens is 4. The van der Waals surface area contributed by atoms with E-state index in [-0.39, 0.29) is 24.3 Å². The van der Waals surface area contributed by atoms with E-state index >= 15 is 0 Å². The second-order valence-corrected chi connectivity index (χ2v) is 4.57. The molecule has 0 fully saturated rings. The fourth-order valence-corrected chi connectivity index (χ4v) is 2.22. The van der Waals surface area contributed by atoms with Gasteiger partial charge in [0.25, 0.3) is 0 Å². The third kappa shape index (κ3) is 3.10. The lowest BCUT2D eigenvalue weighted by molar-refractivity contribution is 0.0461. The smallest absolute Gasteiger partial charge is 0.340 e. The fourth-order valence-electron chi connectivity index (χ4n) is 2.22. The van der Waals surface area contributed by atoms with Crippen LogP contribution in [0.1, 0.15) is 34.5 Å². The molecule has 0 aromatic carbocycles. The van der Waals surface area contributed by atoms with Crippen LogP contribution in [0, 0.1) is 13.8 Å². The molecule has 0 aliphatic heterocycles. The number of anilines is 2. The normalized spacial score (nSPS) is 10.6. The first-order valence-corrected chi connectivity index (χ1v) is 6.52. The Balaban J connectivity index is 2.12. The maximum Gasteiger partial charge on any atom is 0.340 e. The highest BCUT2D eigenvalue weighted by Gasteiger charge is 2.17. The lowest BCUT2D eigenvalue weighted by Gasteiger charge is -2.06. The van der Waals surface area contributed by atoms with Gasteiger partial charge in [0.15, 0.2) is 12.4 Å². The number of hydrogen-bond acceptors (Lipinski definition) is 7. The van der Waals surface area contributed by atoms with Crippen molar-refractivity contribution in [2.24, 2.45) is 0 Å². The molecular formula is C13H18N6O2. The zero-order valence-corrected chi connectivity index (χ0v) is 12.3. The van der Waals surface area contributed by atoms with Gasteiger partial charge in [-0.05, 0) is 26.8 Å².